The smallest absolute Gasteiger partial charge is 0.306 e. The first-order chi connectivity index (χ1) is 8.08. The van der Waals surface area contributed by atoms with Gasteiger partial charge in [-0.3, -0.25) is 4.79 Å². The molecule has 8 nitrogen and oxygen atoms in total. The van der Waals surface area contributed by atoms with Crippen molar-refractivity contribution in [1.82, 2.24) is 20.2 Å². The summed E-state index contributed by atoms with van der Waals surface area (Å²) < 4.78 is 11.7. The predicted molar refractivity (Wildman–Crippen MR) is 56.3 cm³/mol. The number of rotatable bonds is 7. The zero-order valence-electron chi connectivity index (χ0n) is 10.0. The molecule has 1 aromatic heterocycles. The van der Waals surface area contributed by atoms with Crippen molar-refractivity contribution in [1.29, 1.82) is 0 Å². The Balaban J connectivity index is 2.72. The number of hydrogen-bond acceptors (Lipinski definition) is 6. The molecule has 0 spiro atoms. The SMILES string of the molecule is COC(CC(=O)O)Cn1nnnc1C(C)OC. The van der Waals surface area contributed by atoms with Crippen LogP contribution in [0, 0.1) is 0 Å². The predicted octanol–water partition coefficient (Wildman–Crippen LogP) is -0.130. The lowest BCUT2D eigenvalue weighted by molar-refractivity contribution is -0.140. The van der Waals surface area contributed by atoms with Gasteiger partial charge in [-0.15, -0.1) is 5.10 Å². The molecule has 8 heteroatoms. The van der Waals surface area contributed by atoms with Crippen LogP contribution in [0.4, 0.5) is 0 Å². The van der Waals surface area contributed by atoms with Gasteiger partial charge in [-0.2, -0.15) is 0 Å². The lowest BCUT2D eigenvalue weighted by atomic mass is 10.2. The zero-order chi connectivity index (χ0) is 12.8. The monoisotopic (exact) mass is 244 g/mol. The molecule has 2 atom stereocenters. The van der Waals surface area contributed by atoms with Gasteiger partial charge in [0.05, 0.1) is 19.1 Å². The minimum absolute atomic E-state index is 0.100. The summed E-state index contributed by atoms with van der Waals surface area (Å²) >= 11 is 0. The Morgan fingerprint density at radius 2 is 2.18 bits per heavy atom. The first-order valence-corrected chi connectivity index (χ1v) is 5.12. The lowest BCUT2D eigenvalue weighted by Gasteiger charge is -2.15. The third-order valence-electron chi connectivity index (χ3n) is 2.39. The van der Waals surface area contributed by atoms with Crippen LogP contribution >= 0.6 is 0 Å². The van der Waals surface area contributed by atoms with Crippen molar-refractivity contribution in [3.05, 3.63) is 5.82 Å². The summed E-state index contributed by atoms with van der Waals surface area (Å²) in [6.45, 7) is 2.08. The van der Waals surface area contributed by atoms with Gasteiger partial charge in [0.1, 0.15) is 6.10 Å². The topological polar surface area (TPSA) is 99.4 Å². The summed E-state index contributed by atoms with van der Waals surface area (Å²) in [5, 5.41) is 19.9. The normalized spacial score (nSPS) is 14.5. The van der Waals surface area contributed by atoms with Gasteiger partial charge in [0.2, 0.25) is 0 Å². The van der Waals surface area contributed by atoms with E-state index in [1.54, 1.807) is 14.0 Å². The quantitative estimate of drug-likeness (QED) is 0.713. The maximum atomic E-state index is 10.6. The van der Waals surface area contributed by atoms with Crippen molar-refractivity contribution < 1.29 is 19.4 Å². The van der Waals surface area contributed by atoms with Crippen LogP contribution in [0.2, 0.25) is 0 Å². The number of carboxylic acid groups (broad SMARTS) is 1. The molecule has 0 radical (unpaired) electrons. The van der Waals surface area contributed by atoms with Crippen LogP contribution in [0.3, 0.4) is 0 Å². The fourth-order valence-corrected chi connectivity index (χ4v) is 1.35. The number of carbonyl (C=O) groups is 1. The summed E-state index contributed by atoms with van der Waals surface area (Å²) in [5.41, 5.74) is 0. The van der Waals surface area contributed by atoms with Gasteiger partial charge in [-0.25, -0.2) is 4.68 Å². The molecule has 1 N–H and O–H groups in total. The Bertz CT molecular complexity index is 368. The van der Waals surface area contributed by atoms with Crippen molar-refractivity contribution in [3.8, 4) is 0 Å². The second kappa shape index (κ2) is 6.26. The van der Waals surface area contributed by atoms with Crippen molar-refractivity contribution in [3.63, 3.8) is 0 Å². The molecule has 1 aromatic rings. The van der Waals surface area contributed by atoms with Gasteiger partial charge >= 0.3 is 5.97 Å². The average Bonchev–Trinajstić information content (AvgIpc) is 2.74. The van der Waals surface area contributed by atoms with Gasteiger partial charge in [0, 0.05) is 14.2 Å². The number of hydrogen-bond donors (Lipinski definition) is 1. The molecular formula is C9H16N4O4. The third kappa shape index (κ3) is 3.75. The van der Waals surface area contributed by atoms with E-state index in [-0.39, 0.29) is 19.1 Å². The molecule has 0 aliphatic rings. The number of tetrazole rings is 1. The third-order valence-corrected chi connectivity index (χ3v) is 2.39. The maximum absolute atomic E-state index is 10.6. The van der Waals surface area contributed by atoms with E-state index in [1.807, 2.05) is 0 Å². The Labute approximate surface area is 98.5 Å². The standard InChI is InChI=1S/C9H16N4O4/c1-6(16-2)9-10-11-12-13(9)5-7(17-3)4-8(14)15/h6-7H,4-5H2,1-3H3,(H,14,15). The van der Waals surface area contributed by atoms with Crippen molar-refractivity contribution >= 4 is 5.97 Å². The highest BCUT2D eigenvalue weighted by molar-refractivity contribution is 5.67. The molecule has 0 saturated carbocycles. The van der Waals surface area contributed by atoms with Crippen LogP contribution in [0.25, 0.3) is 0 Å². The molecule has 0 aliphatic carbocycles. The molecule has 1 heterocycles. The number of aromatic nitrogens is 4. The Morgan fingerprint density at radius 3 is 2.71 bits per heavy atom. The molecule has 96 valence electrons. The molecule has 0 aromatic carbocycles. The minimum Gasteiger partial charge on any atom is -0.481 e. The number of nitrogens with zero attached hydrogens (tertiary/aromatic N) is 4. The molecule has 0 amide bonds. The number of ether oxygens (including phenoxy) is 2. The molecule has 0 fully saturated rings. The highest BCUT2D eigenvalue weighted by atomic mass is 16.5. The summed E-state index contributed by atoms with van der Waals surface area (Å²) in [6, 6.07) is 0. The summed E-state index contributed by atoms with van der Waals surface area (Å²) in [5.74, 6) is -0.383. The summed E-state index contributed by atoms with van der Waals surface area (Å²) in [7, 11) is 3.01. The lowest BCUT2D eigenvalue weighted by Crippen LogP contribution is -2.24. The van der Waals surface area contributed by atoms with Crippen LogP contribution in [0.15, 0.2) is 0 Å². The summed E-state index contributed by atoms with van der Waals surface area (Å²) in [4.78, 5) is 10.6. The van der Waals surface area contributed by atoms with Crippen molar-refractivity contribution in [2.24, 2.45) is 0 Å². The van der Waals surface area contributed by atoms with Gasteiger partial charge in [0.25, 0.3) is 0 Å². The number of aliphatic carboxylic acids is 1. The van der Waals surface area contributed by atoms with E-state index in [0.29, 0.717) is 5.82 Å². The van der Waals surface area contributed by atoms with Crippen LogP contribution in [0.5, 0.6) is 0 Å². The number of carboxylic acids is 1. The first kappa shape index (κ1) is 13.5. The maximum Gasteiger partial charge on any atom is 0.306 e. The molecule has 2 unspecified atom stereocenters. The van der Waals surface area contributed by atoms with E-state index in [0.717, 1.165) is 0 Å². The van der Waals surface area contributed by atoms with Crippen molar-refractivity contribution in [2.45, 2.75) is 32.1 Å². The Hall–Kier alpha value is -1.54. The van der Waals surface area contributed by atoms with Crippen LogP contribution in [-0.4, -0.2) is 51.6 Å². The van der Waals surface area contributed by atoms with E-state index in [9.17, 15) is 4.79 Å². The largest absolute Gasteiger partial charge is 0.481 e. The highest BCUT2D eigenvalue weighted by Gasteiger charge is 2.19. The highest BCUT2D eigenvalue weighted by Crippen LogP contribution is 2.12. The molecule has 0 bridgehead atoms. The van der Waals surface area contributed by atoms with E-state index in [1.165, 1.54) is 11.8 Å². The van der Waals surface area contributed by atoms with Gasteiger partial charge in [-0.05, 0) is 17.4 Å². The molecular weight excluding hydrogens is 228 g/mol. The van der Waals surface area contributed by atoms with E-state index < -0.39 is 12.1 Å². The van der Waals surface area contributed by atoms with Gasteiger partial charge < -0.3 is 14.6 Å². The van der Waals surface area contributed by atoms with Crippen LogP contribution in [0.1, 0.15) is 25.3 Å². The molecule has 1 rings (SSSR count). The minimum atomic E-state index is -0.925. The Kier molecular flexibility index (Phi) is 4.98. The summed E-state index contributed by atoms with van der Waals surface area (Å²) in [6.07, 6.45) is -0.830. The Morgan fingerprint density at radius 1 is 1.47 bits per heavy atom. The fourth-order valence-electron chi connectivity index (χ4n) is 1.35. The second-order valence-electron chi connectivity index (χ2n) is 3.55. The van der Waals surface area contributed by atoms with Gasteiger partial charge in [0.15, 0.2) is 5.82 Å². The zero-order valence-corrected chi connectivity index (χ0v) is 10.0. The van der Waals surface area contributed by atoms with E-state index in [2.05, 4.69) is 15.5 Å². The molecule has 17 heavy (non-hydrogen) atoms. The van der Waals surface area contributed by atoms with E-state index in [4.69, 9.17) is 14.6 Å². The van der Waals surface area contributed by atoms with Crippen LogP contribution in [-0.2, 0) is 20.8 Å². The fraction of sp³-hybridized carbons (Fsp3) is 0.778. The first-order valence-electron chi connectivity index (χ1n) is 5.12. The molecule has 0 aliphatic heterocycles. The van der Waals surface area contributed by atoms with Crippen molar-refractivity contribution in [2.75, 3.05) is 14.2 Å². The van der Waals surface area contributed by atoms with E-state index >= 15 is 0 Å². The molecule has 0 saturated heterocycles. The average molecular weight is 244 g/mol. The second-order valence-corrected chi connectivity index (χ2v) is 3.55. The van der Waals surface area contributed by atoms with Gasteiger partial charge in [-0.1, -0.05) is 0 Å². The van der Waals surface area contributed by atoms with Crippen LogP contribution < -0.4 is 0 Å². The number of methoxy groups -OCH3 is 2.